The molecule has 3 rings (SSSR count). The molecule has 0 saturated carbocycles. The first kappa shape index (κ1) is 13.7. The normalized spacial score (nSPS) is 19.2. The quantitative estimate of drug-likeness (QED) is 0.946. The van der Waals surface area contributed by atoms with Gasteiger partial charge in [-0.1, -0.05) is 6.07 Å². The van der Waals surface area contributed by atoms with Crippen LogP contribution in [0.15, 0.2) is 22.9 Å². The van der Waals surface area contributed by atoms with E-state index in [1.165, 1.54) is 4.88 Å². The monoisotopic (exact) mass is 307 g/mol. The minimum absolute atomic E-state index is 0.182. The van der Waals surface area contributed by atoms with Crippen LogP contribution in [-0.2, 0) is 11.2 Å². The molecule has 20 heavy (non-hydrogen) atoms. The number of aromatic nitrogens is 1. The number of hydrogen-bond acceptors (Lipinski definition) is 5. The fourth-order valence-electron chi connectivity index (χ4n) is 2.37. The number of carbonyl (C=O) groups is 1. The summed E-state index contributed by atoms with van der Waals surface area (Å²) >= 11 is 3.29. The molecule has 0 radical (unpaired) electrons. The molecule has 4 nitrogen and oxygen atoms in total. The Hall–Kier alpha value is -1.24. The zero-order valence-electron chi connectivity index (χ0n) is 11.3. The maximum Gasteiger partial charge on any atom is 0.228 e. The molecule has 1 unspecified atom stereocenters. The zero-order chi connectivity index (χ0) is 13.9. The van der Waals surface area contributed by atoms with E-state index >= 15 is 0 Å². The summed E-state index contributed by atoms with van der Waals surface area (Å²) in [5.41, 5.74) is 0.883. The Morgan fingerprint density at radius 3 is 3.20 bits per heavy atom. The molecule has 1 saturated heterocycles. The van der Waals surface area contributed by atoms with E-state index in [0.717, 1.165) is 30.3 Å². The van der Waals surface area contributed by atoms with E-state index in [9.17, 15) is 4.79 Å². The number of nitrogens with one attached hydrogen (secondary N) is 1. The lowest BCUT2D eigenvalue weighted by Gasteiger charge is -2.33. The fourth-order valence-corrected chi connectivity index (χ4v) is 4.00. The molecule has 0 spiro atoms. The maximum absolute atomic E-state index is 12.3. The minimum atomic E-state index is 0.182. The van der Waals surface area contributed by atoms with Crippen LogP contribution in [-0.4, -0.2) is 41.5 Å². The summed E-state index contributed by atoms with van der Waals surface area (Å²) in [5.74, 6) is 0.182. The first-order chi connectivity index (χ1) is 9.74. The molecule has 6 heteroatoms. The van der Waals surface area contributed by atoms with E-state index in [0.29, 0.717) is 6.42 Å². The van der Waals surface area contributed by atoms with E-state index in [-0.39, 0.29) is 11.9 Å². The SMILES string of the molecule is CC1CNCCN1C(=O)Cc1csc(-c2cccs2)n1. The van der Waals surface area contributed by atoms with Crippen molar-refractivity contribution in [3.63, 3.8) is 0 Å². The van der Waals surface area contributed by atoms with Gasteiger partial charge in [-0.15, -0.1) is 22.7 Å². The molecule has 0 aromatic carbocycles. The summed E-state index contributed by atoms with van der Waals surface area (Å²) in [6, 6.07) is 4.36. The smallest absolute Gasteiger partial charge is 0.228 e. The van der Waals surface area contributed by atoms with Crippen molar-refractivity contribution in [1.29, 1.82) is 0 Å². The number of thiophene rings is 1. The van der Waals surface area contributed by atoms with Gasteiger partial charge < -0.3 is 10.2 Å². The maximum atomic E-state index is 12.3. The molecule has 106 valence electrons. The van der Waals surface area contributed by atoms with E-state index in [1.807, 2.05) is 21.7 Å². The topological polar surface area (TPSA) is 45.2 Å². The van der Waals surface area contributed by atoms with E-state index in [4.69, 9.17) is 0 Å². The average molecular weight is 307 g/mol. The highest BCUT2D eigenvalue weighted by molar-refractivity contribution is 7.20. The summed E-state index contributed by atoms with van der Waals surface area (Å²) in [5, 5.41) is 8.36. The summed E-state index contributed by atoms with van der Waals surface area (Å²) in [6.45, 7) is 4.64. The summed E-state index contributed by atoms with van der Waals surface area (Å²) in [4.78, 5) is 20.0. The number of nitrogens with zero attached hydrogens (tertiary/aromatic N) is 2. The highest BCUT2D eigenvalue weighted by Gasteiger charge is 2.23. The molecule has 1 amide bonds. The van der Waals surface area contributed by atoms with Gasteiger partial charge in [0.2, 0.25) is 5.91 Å². The van der Waals surface area contributed by atoms with E-state index < -0.39 is 0 Å². The third kappa shape index (κ3) is 2.92. The molecule has 1 aliphatic heterocycles. The van der Waals surface area contributed by atoms with Gasteiger partial charge >= 0.3 is 0 Å². The summed E-state index contributed by atoms with van der Waals surface area (Å²) < 4.78 is 0. The second-order valence-electron chi connectivity index (χ2n) is 4.94. The number of amides is 1. The lowest BCUT2D eigenvalue weighted by Crippen LogP contribution is -2.52. The van der Waals surface area contributed by atoms with Gasteiger partial charge in [0, 0.05) is 31.1 Å². The van der Waals surface area contributed by atoms with Crippen molar-refractivity contribution in [2.45, 2.75) is 19.4 Å². The van der Waals surface area contributed by atoms with Gasteiger partial charge in [-0.25, -0.2) is 4.98 Å². The second kappa shape index (κ2) is 6.03. The Labute approximate surface area is 126 Å². The van der Waals surface area contributed by atoms with E-state index in [2.05, 4.69) is 23.3 Å². The molecule has 2 aromatic heterocycles. The predicted molar refractivity (Wildman–Crippen MR) is 83.2 cm³/mol. The van der Waals surface area contributed by atoms with Gasteiger partial charge in [0.15, 0.2) is 0 Å². The van der Waals surface area contributed by atoms with Gasteiger partial charge in [-0.3, -0.25) is 4.79 Å². The molecular weight excluding hydrogens is 290 g/mol. The molecule has 1 N–H and O–H groups in total. The van der Waals surface area contributed by atoms with Crippen LogP contribution in [0, 0.1) is 0 Å². The Morgan fingerprint density at radius 1 is 1.55 bits per heavy atom. The van der Waals surface area contributed by atoms with Crippen molar-refractivity contribution < 1.29 is 4.79 Å². The third-order valence-corrected chi connectivity index (χ3v) is 5.37. The lowest BCUT2D eigenvalue weighted by atomic mass is 10.2. The van der Waals surface area contributed by atoms with Crippen molar-refractivity contribution in [1.82, 2.24) is 15.2 Å². The van der Waals surface area contributed by atoms with Crippen molar-refractivity contribution in [2.75, 3.05) is 19.6 Å². The highest BCUT2D eigenvalue weighted by atomic mass is 32.1. The zero-order valence-corrected chi connectivity index (χ0v) is 13.0. The van der Waals surface area contributed by atoms with Gasteiger partial charge in [0.25, 0.3) is 0 Å². The summed E-state index contributed by atoms with van der Waals surface area (Å²) in [6.07, 6.45) is 0.409. The first-order valence-corrected chi connectivity index (χ1v) is 8.48. The van der Waals surface area contributed by atoms with E-state index in [1.54, 1.807) is 22.7 Å². The molecule has 0 bridgehead atoms. The minimum Gasteiger partial charge on any atom is -0.337 e. The van der Waals surface area contributed by atoms with Crippen LogP contribution >= 0.6 is 22.7 Å². The molecule has 1 aliphatic rings. The van der Waals surface area contributed by atoms with Crippen molar-refractivity contribution in [3.05, 3.63) is 28.6 Å². The largest absolute Gasteiger partial charge is 0.337 e. The molecule has 1 fully saturated rings. The molecule has 0 aliphatic carbocycles. The van der Waals surface area contributed by atoms with Gasteiger partial charge in [0.05, 0.1) is 17.0 Å². The van der Waals surface area contributed by atoms with Crippen LogP contribution in [0.5, 0.6) is 0 Å². The fraction of sp³-hybridized carbons (Fsp3) is 0.429. The highest BCUT2D eigenvalue weighted by Crippen LogP contribution is 2.28. The standard InChI is InChI=1S/C14H17N3OS2/c1-10-8-15-4-5-17(10)13(18)7-11-9-20-14(16-11)12-3-2-6-19-12/h2-3,6,9-10,15H,4-5,7-8H2,1H3. The van der Waals surface area contributed by atoms with Crippen molar-refractivity contribution in [3.8, 4) is 9.88 Å². The number of piperazine rings is 1. The van der Waals surface area contributed by atoms with Crippen LogP contribution in [0.1, 0.15) is 12.6 Å². The van der Waals surface area contributed by atoms with Crippen LogP contribution in [0.25, 0.3) is 9.88 Å². The summed E-state index contributed by atoms with van der Waals surface area (Å²) in [7, 11) is 0. The first-order valence-electron chi connectivity index (χ1n) is 6.72. The van der Waals surface area contributed by atoms with Crippen LogP contribution in [0.4, 0.5) is 0 Å². The predicted octanol–water partition coefficient (Wildman–Crippen LogP) is 2.23. The van der Waals surface area contributed by atoms with Crippen LogP contribution in [0.3, 0.4) is 0 Å². The number of hydrogen-bond donors (Lipinski definition) is 1. The lowest BCUT2D eigenvalue weighted by molar-refractivity contribution is -0.133. The molecule has 1 atom stereocenters. The Kier molecular flexibility index (Phi) is 4.14. The Morgan fingerprint density at radius 2 is 2.45 bits per heavy atom. The van der Waals surface area contributed by atoms with Crippen LogP contribution in [0.2, 0.25) is 0 Å². The second-order valence-corrected chi connectivity index (χ2v) is 6.74. The molecular formula is C14H17N3OS2. The van der Waals surface area contributed by atoms with Crippen LogP contribution < -0.4 is 5.32 Å². The number of thiazole rings is 1. The molecule has 3 heterocycles. The Bertz CT molecular complexity index is 579. The number of carbonyl (C=O) groups excluding carboxylic acids is 1. The van der Waals surface area contributed by atoms with Gasteiger partial charge in [-0.05, 0) is 18.4 Å². The van der Waals surface area contributed by atoms with Crippen molar-refractivity contribution >= 4 is 28.6 Å². The average Bonchev–Trinajstić information content (AvgIpc) is 3.09. The number of rotatable bonds is 3. The van der Waals surface area contributed by atoms with Gasteiger partial charge in [0.1, 0.15) is 5.01 Å². The van der Waals surface area contributed by atoms with Crippen molar-refractivity contribution in [2.24, 2.45) is 0 Å². The molecule has 2 aromatic rings. The third-order valence-electron chi connectivity index (χ3n) is 3.44. The Balaban J connectivity index is 1.67. The van der Waals surface area contributed by atoms with Gasteiger partial charge in [-0.2, -0.15) is 0 Å².